The second-order valence-electron chi connectivity index (χ2n) is 4.52. The quantitative estimate of drug-likeness (QED) is 0.535. The Labute approximate surface area is 99.4 Å². The summed E-state index contributed by atoms with van der Waals surface area (Å²) in [7, 11) is 0. The first-order valence-corrected chi connectivity index (χ1v) is 6.65. The van der Waals surface area contributed by atoms with Crippen LogP contribution in [0.5, 0.6) is 0 Å². The van der Waals surface area contributed by atoms with Crippen LogP contribution in [0.25, 0.3) is 0 Å². The van der Waals surface area contributed by atoms with E-state index in [1.54, 1.807) is 0 Å². The predicted octanol–water partition coefficient (Wildman–Crippen LogP) is 3.18. The van der Waals surface area contributed by atoms with E-state index in [1.807, 2.05) is 0 Å². The summed E-state index contributed by atoms with van der Waals surface area (Å²) in [4.78, 5) is 11.0. The van der Waals surface area contributed by atoms with Crippen molar-refractivity contribution in [2.45, 2.75) is 64.7 Å². The van der Waals surface area contributed by atoms with Gasteiger partial charge >= 0.3 is 5.97 Å². The fourth-order valence-electron chi connectivity index (χ4n) is 1.92. The highest BCUT2D eigenvalue weighted by molar-refractivity contribution is 5.69. The van der Waals surface area contributed by atoms with Crippen molar-refractivity contribution in [1.29, 1.82) is 0 Å². The molecule has 0 bridgehead atoms. The summed E-state index contributed by atoms with van der Waals surface area (Å²) in [5.74, 6) is -0.777. The van der Waals surface area contributed by atoms with Crippen LogP contribution < -0.4 is 5.73 Å². The maximum Gasteiger partial charge on any atom is 0.306 e. The highest BCUT2D eigenvalue weighted by Crippen LogP contribution is 2.17. The van der Waals surface area contributed by atoms with E-state index in [4.69, 9.17) is 10.8 Å². The lowest BCUT2D eigenvalue weighted by Gasteiger charge is -2.11. The summed E-state index contributed by atoms with van der Waals surface area (Å²) in [6, 6.07) is 0. The third-order valence-corrected chi connectivity index (χ3v) is 3.01. The van der Waals surface area contributed by atoms with Crippen molar-refractivity contribution in [3.63, 3.8) is 0 Å². The fourth-order valence-corrected chi connectivity index (χ4v) is 1.92. The standard InChI is InChI=1S/C13H27NO2/c1-2-3-4-5-6-9-12(13(15)16)10-7-8-11-14/h12H,2-11,14H2,1H3,(H,15,16). The first-order valence-electron chi connectivity index (χ1n) is 6.65. The molecule has 96 valence electrons. The molecule has 0 aliphatic rings. The molecule has 0 saturated carbocycles. The summed E-state index contributed by atoms with van der Waals surface area (Å²) in [5.41, 5.74) is 5.40. The van der Waals surface area contributed by atoms with E-state index >= 15 is 0 Å². The van der Waals surface area contributed by atoms with Gasteiger partial charge in [-0.2, -0.15) is 0 Å². The smallest absolute Gasteiger partial charge is 0.306 e. The minimum Gasteiger partial charge on any atom is -0.481 e. The molecule has 16 heavy (non-hydrogen) atoms. The van der Waals surface area contributed by atoms with Crippen LogP contribution in [0.3, 0.4) is 0 Å². The number of hydrogen-bond acceptors (Lipinski definition) is 2. The minimum atomic E-state index is -0.632. The number of carboxylic acids is 1. The van der Waals surface area contributed by atoms with Crippen molar-refractivity contribution in [2.75, 3.05) is 6.54 Å². The minimum absolute atomic E-state index is 0.145. The Balaban J connectivity index is 3.56. The molecule has 0 radical (unpaired) electrons. The molecular formula is C13H27NO2. The van der Waals surface area contributed by atoms with Gasteiger partial charge in [-0.3, -0.25) is 4.79 Å². The van der Waals surface area contributed by atoms with Crippen LogP contribution in [-0.2, 0) is 4.79 Å². The molecule has 0 saturated heterocycles. The second kappa shape index (κ2) is 10.9. The van der Waals surface area contributed by atoms with Crippen LogP contribution >= 0.6 is 0 Å². The molecule has 0 aliphatic heterocycles. The third kappa shape index (κ3) is 8.72. The van der Waals surface area contributed by atoms with Crippen molar-refractivity contribution < 1.29 is 9.90 Å². The molecule has 3 N–H and O–H groups in total. The molecular weight excluding hydrogens is 202 g/mol. The van der Waals surface area contributed by atoms with Crippen molar-refractivity contribution in [2.24, 2.45) is 11.7 Å². The van der Waals surface area contributed by atoms with E-state index in [1.165, 1.54) is 25.7 Å². The Kier molecular flexibility index (Phi) is 10.5. The van der Waals surface area contributed by atoms with Crippen LogP contribution in [-0.4, -0.2) is 17.6 Å². The molecule has 0 rings (SSSR count). The molecule has 0 aromatic rings. The number of nitrogens with two attached hydrogens (primary N) is 1. The van der Waals surface area contributed by atoms with Gasteiger partial charge in [0.05, 0.1) is 5.92 Å². The highest BCUT2D eigenvalue weighted by Gasteiger charge is 2.15. The Bertz CT molecular complexity index is 171. The van der Waals surface area contributed by atoms with Gasteiger partial charge in [0.25, 0.3) is 0 Å². The normalized spacial score (nSPS) is 12.6. The largest absolute Gasteiger partial charge is 0.481 e. The lowest BCUT2D eigenvalue weighted by atomic mass is 9.95. The van der Waals surface area contributed by atoms with Crippen molar-refractivity contribution in [1.82, 2.24) is 0 Å². The SMILES string of the molecule is CCCCCCCC(CCCCN)C(=O)O. The molecule has 1 atom stereocenters. The summed E-state index contributed by atoms with van der Waals surface area (Å²) in [6.07, 6.45) is 9.50. The van der Waals surface area contributed by atoms with Crippen LogP contribution in [0.2, 0.25) is 0 Å². The van der Waals surface area contributed by atoms with Crippen molar-refractivity contribution in [3.05, 3.63) is 0 Å². The molecule has 0 aliphatic carbocycles. The van der Waals surface area contributed by atoms with Gasteiger partial charge in [0, 0.05) is 0 Å². The van der Waals surface area contributed by atoms with Crippen LogP contribution in [0.15, 0.2) is 0 Å². The van der Waals surface area contributed by atoms with Gasteiger partial charge < -0.3 is 10.8 Å². The third-order valence-electron chi connectivity index (χ3n) is 3.01. The molecule has 0 aromatic carbocycles. The number of aliphatic carboxylic acids is 1. The zero-order chi connectivity index (χ0) is 12.2. The topological polar surface area (TPSA) is 63.3 Å². The van der Waals surface area contributed by atoms with E-state index < -0.39 is 5.97 Å². The monoisotopic (exact) mass is 229 g/mol. The van der Waals surface area contributed by atoms with Gasteiger partial charge in [0.1, 0.15) is 0 Å². The summed E-state index contributed by atoms with van der Waals surface area (Å²) < 4.78 is 0. The zero-order valence-corrected chi connectivity index (χ0v) is 10.6. The van der Waals surface area contributed by atoms with Gasteiger partial charge in [-0.25, -0.2) is 0 Å². The maximum absolute atomic E-state index is 11.0. The summed E-state index contributed by atoms with van der Waals surface area (Å²) in [6.45, 7) is 2.86. The van der Waals surface area contributed by atoms with Crippen LogP contribution in [0, 0.1) is 5.92 Å². The van der Waals surface area contributed by atoms with E-state index in [9.17, 15) is 4.79 Å². The van der Waals surface area contributed by atoms with Crippen LogP contribution in [0.1, 0.15) is 64.7 Å². The fraction of sp³-hybridized carbons (Fsp3) is 0.923. The van der Waals surface area contributed by atoms with Gasteiger partial charge in [0.2, 0.25) is 0 Å². The van der Waals surface area contributed by atoms with E-state index in [2.05, 4.69) is 6.92 Å². The van der Waals surface area contributed by atoms with Crippen LogP contribution in [0.4, 0.5) is 0 Å². The molecule has 3 nitrogen and oxygen atoms in total. The molecule has 0 spiro atoms. The lowest BCUT2D eigenvalue weighted by Crippen LogP contribution is -2.14. The van der Waals surface area contributed by atoms with Gasteiger partial charge in [-0.1, -0.05) is 45.4 Å². The van der Waals surface area contributed by atoms with E-state index in [0.29, 0.717) is 6.54 Å². The van der Waals surface area contributed by atoms with Crippen molar-refractivity contribution >= 4 is 5.97 Å². The summed E-state index contributed by atoms with van der Waals surface area (Å²) in [5, 5.41) is 9.04. The molecule has 3 heteroatoms. The first-order chi connectivity index (χ1) is 7.72. The van der Waals surface area contributed by atoms with Gasteiger partial charge in [0.15, 0.2) is 0 Å². The lowest BCUT2D eigenvalue weighted by molar-refractivity contribution is -0.142. The molecule has 0 amide bonds. The van der Waals surface area contributed by atoms with E-state index in [-0.39, 0.29) is 5.92 Å². The second-order valence-corrected chi connectivity index (χ2v) is 4.52. The number of hydrogen-bond donors (Lipinski definition) is 2. The zero-order valence-electron chi connectivity index (χ0n) is 10.6. The molecule has 0 heterocycles. The van der Waals surface area contributed by atoms with Gasteiger partial charge in [-0.05, 0) is 25.8 Å². The molecule has 0 fully saturated rings. The Morgan fingerprint density at radius 1 is 1.06 bits per heavy atom. The predicted molar refractivity (Wildman–Crippen MR) is 67.4 cm³/mol. The highest BCUT2D eigenvalue weighted by atomic mass is 16.4. The number of carboxylic acid groups (broad SMARTS) is 1. The Morgan fingerprint density at radius 2 is 1.62 bits per heavy atom. The Hall–Kier alpha value is -0.570. The number of carbonyl (C=O) groups is 1. The summed E-state index contributed by atoms with van der Waals surface area (Å²) >= 11 is 0. The van der Waals surface area contributed by atoms with Gasteiger partial charge in [-0.15, -0.1) is 0 Å². The average molecular weight is 229 g/mol. The number of unbranched alkanes of at least 4 members (excludes halogenated alkanes) is 5. The van der Waals surface area contributed by atoms with E-state index in [0.717, 1.165) is 32.1 Å². The maximum atomic E-state index is 11.0. The van der Waals surface area contributed by atoms with Crippen molar-refractivity contribution in [3.8, 4) is 0 Å². The molecule has 0 aromatic heterocycles. The number of rotatable bonds is 11. The Morgan fingerprint density at radius 3 is 2.12 bits per heavy atom. The first kappa shape index (κ1) is 15.4. The average Bonchev–Trinajstić information content (AvgIpc) is 2.26. The molecule has 1 unspecified atom stereocenters.